The molecule has 0 aliphatic carbocycles. The number of carboxylic acids is 1. The number of oxime groups is 1. The van der Waals surface area contributed by atoms with Crippen LogP contribution in [0.5, 0.6) is 0 Å². The molecule has 0 saturated carbocycles. The zero-order valence-electron chi connectivity index (χ0n) is 19.6. The third-order valence-electron chi connectivity index (χ3n) is 5.47. The van der Waals surface area contributed by atoms with Crippen molar-refractivity contribution in [3.05, 3.63) is 11.1 Å². The molecule has 2 fully saturated rings. The van der Waals surface area contributed by atoms with Crippen molar-refractivity contribution in [2.45, 2.75) is 22.7 Å². The number of aryl methyl sites for hydroxylation is 1. The zero-order chi connectivity index (χ0) is 28.4. The summed E-state index contributed by atoms with van der Waals surface area (Å²) >= 11 is 3.14. The number of alkyl halides is 3. The number of hydrogen-bond donors (Lipinski definition) is 3. The van der Waals surface area contributed by atoms with Gasteiger partial charge in [-0.25, -0.2) is 9.67 Å². The number of nitrogens with one attached hydrogen (secondary N) is 2. The van der Waals surface area contributed by atoms with Crippen LogP contribution < -0.4 is 10.6 Å². The number of nitrogens with zero attached hydrogens (tertiary/aromatic N) is 7. The molecule has 21 heteroatoms. The molecule has 3 amide bonds. The summed E-state index contributed by atoms with van der Waals surface area (Å²) in [5.74, 6) is -2.56. The molecule has 4 heterocycles. The summed E-state index contributed by atoms with van der Waals surface area (Å²) in [7, 11) is 1.60. The lowest BCUT2D eigenvalue weighted by Crippen LogP contribution is -2.74. The van der Waals surface area contributed by atoms with Crippen LogP contribution in [0.3, 0.4) is 0 Å². The fourth-order valence-electron chi connectivity index (χ4n) is 3.54. The number of aliphatic carboxylic acids is 1. The third-order valence-corrected chi connectivity index (χ3v) is 9.13. The van der Waals surface area contributed by atoms with Gasteiger partial charge in [-0.3, -0.25) is 19.2 Å². The predicted octanol–water partition coefficient (Wildman–Crippen LogP) is -0.219. The molecule has 4 rings (SSSR count). The minimum Gasteiger partial charge on any atom is -0.481 e. The number of halogens is 3. The Morgan fingerprint density at radius 2 is 2.21 bits per heavy atom. The lowest BCUT2D eigenvalue weighted by Gasteiger charge is -2.53. The number of carbonyl (C=O) groups is 4. The molecule has 0 aromatic carbocycles. The second-order valence-electron chi connectivity index (χ2n) is 8.21. The monoisotopic (exact) mass is 609 g/mol. The van der Waals surface area contributed by atoms with Crippen molar-refractivity contribution in [3.8, 4) is 0 Å². The van der Waals surface area contributed by atoms with Crippen LogP contribution >= 0.6 is 34.9 Å². The highest BCUT2D eigenvalue weighted by atomic mass is 32.2. The van der Waals surface area contributed by atoms with Gasteiger partial charge in [0.05, 0.1) is 0 Å². The van der Waals surface area contributed by atoms with Crippen LogP contribution in [0.4, 0.5) is 18.3 Å². The van der Waals surface area contributed by atoms with Gasteiger partial charge in [0, 0.05) is 30.5 Å². The molecule has 2 aliphatic rings. The number of carbonyl (C=O) groups excluding carboxylic acids is 3. The SMILES string of the molecule is Cn1nnnc1SCC1(C(=O)O)CS[C@@H]2C(NC(=O)C(=NOCC(F)(F)F)c3csc(NC=O)n3)C(=O)N2C1. The van der Waals surface area contributed by atoms with E-state index in [1.54, 1.807) is 7.05 Å². The van der Waals surface area contributed by atoms with Crippen molar-refractivity contribution in [3.63, 3.8) is 0 Å². The van der Waals surface area contributed by atoms with Gasteiger partial charge in [-0.05, 0) is 10.4 Å². The molecule has 2 aromatic rings. The maximum atomic E-state index is 13.0. The van der Waals surface area contributed by atoms with E-state index in [2.05, 4.69) is 41.1 Å². The third kappa shape index (κ3) is 6.24. The first-order valence-electron chi connectivity index (χ1n) is 10.7. The molecular weight excluding hydrogens is 591 g/mol. The van der Waals surface area contributed by atoms with E-state index in [-0.39, 0.29) is 28.9 Å². The predicted molar refractivity (Wildman–Crippen MR) is 130 cm³/mol. The number of carboxylic acid groups (broad SMARTS) is 1. The highest BCUT2D eigenvalue weighted by molar-refractivity contribution is 8.00. The molecule has 3 atom stereocenters. The number of rotatable bonds is 11. The summed E-state index contributed by atoms with van der Waals surface area (Å²) in [6.45, 7) is -1.91. The summed E-state index contributed by atoms with van der Waals surface area (Å²) in [5, 5.41) is 30.0. The first-order chi connectivity index (χ1) is 18.4. The van der Waals surface area contributed by atoms with Crippen molar-refractivity contribution in [1.29, 1.82) is 0 Å². The van der Waals surface area contributed by atoms with Gasteiger partial charge in [-0.15, -0.1) is 28.2 Å². The summed E-state index contributed by atoms with van der Waals surface area (Å²) in [6, 6.07) is -1.09. The van der Waals surface area contributed by atoms with Crippen molar-refractivity contribution in [2.24, 2.45) is 17.6 Å². The number of aromatic nitrogens is 5. The Labute approximate surface area is 228 Å². The van der Waals surface area contributed by atoms with Crippen LogP contribution in [-0.2, 0) is 31.1 Å². The Hall–Kier alpha value is -3.46. The van der Waals surface area contributed by atoms with Gasteiger partial charge < -0.3 is 25.5 Å². The average Bonchev–Trinajstić information content (AvgIpc) is 3.51. The fourth-order valence-corrected chi connectivity index (χ4v) is 6.90. The van der Waals surface area contributed by atoms with Crippen molar-refractivity contribution in [1.82, 2.24) is 35.4 Å². The van der Waals surface area contributed by atoms with Crippen LogP contribution in [0.1, 0.15) is 5.69 Å². The van der Waals surface area contributed by atoms with E-state index < -0.39 is 53.1 Å². The Kier molecular flexibility index (Phi) is 8.30. The maximum absolute atomic E-state index is 13.0. The molecule has 210 valence electrons. The van der Waals surface area contributed by atoms with E-state index in [9.17, 15) is 37.5 Å². The molecule has 2 unspecified atom stereocenters. The van der Waals surface area contributed by atoms with Crippen LogP contribution in [0.2, 0.25) is 0 Å². The first kappa shape index (κ1) is 28.5. The maximum Gasteiger partial charge on any atom is 0.425 e. The second kappa shape index (κ2) is 11.3. The van der Waals surface area contributed by atoms with Crippen molar-refractivity contribution < 1.29 is 42.3 Å². The second-order valence-corrected chi connectivity index (χ2v) is 11.1. The quantitative estimate of drug-likeness (QED) is 0.0999. The van der Waals surface area contributed by atoms with Gasteiger partial charge in [-0.2, -0.15) is 13.2 Å². The van der Waals surface area contributed by atoms with Gasteiger partial charge in [0.1, 0.15) is 22.5 Å². The first-order valence-corrected chi connectivity index (χ1v) is 13.6. The average molecular weight is 610 g/mol. The van der Waals surface area contributed by atoms with Crippen LogP contribution in [-0.4, -0.2) is 107 Å². The van der Waals surface area contributed by atoms with Gasteiger partial charge in [0.2, 0.25) is 24.1 Å². The lowest BCUT2D eigenvalue weighted by molar-refractivity contribution is -0.174. The number of fused-ring (bicyclic) bond motifs is 1. The van der Waals surface area contributed by atoms with E-state index >= 15 is 0 Å². The van der Waals surface area contributed by atoms with Crippen molar-refractivity contribution >= 4 is 69.9 Å². The Morgan fingerprint density at radius 3 is 2.85 bits per heavy atom. The van der Waals surface area contributed by atoms with E-state index in [0.717, 1.165) is 34.9 Å². The largest absolute Gasteiger partial charge is 0.481 e. The molecule has 2 aromatic heterocycles. The zero-order valence-corrected chi connectivity index (χ0v) is 22.1. The number of amides is 3. The number of thiazole rings is 1. The standard InChI is InChI=1S/C18H18F3N9O6S3/c1-29-16(25-27-28-29)39-6-17(14(34)35)3-30-12(33)10(13(30)38-5-17)24-11(32)9(26-36-4-18(19,20)21)8-2-37-15(23-8)22-7-31/h2,7,10,13H,3-6H2,1H3,(H,24,32)(H,34,35)(H,22,23,31)/t10?,13-,17?/m1/s1. The summed E-state index contributed by atoms with van der Waals surface area (Å²) in [6.07, 6.45) is -4.40. The van der Waals surface area contributed by atoms with Gasteiger partial charge >= 0.3 is 12.1 Å². The van der Waals surface area contributed by atoms with Gasteiger partial charge in [0.25, 0.3) is 5.91 Å². The highest BCUT2D eigenvalue weighted by Gasteiger charge is 2.57. The Balaban J connectivity index is 1.45. The lowest BCUT2D eigenvalue weighted by atomic mass is 9.89. The van der Waals surface area contributed by atoms with E-state index in [0.29, 0.717) is 11.6 Å². The number of β-lactam (4-membered cyclic amide) rings is 1. The molecule has 0 spiro atoms. The molecule has 0 bridgehead atoms. The van der Waals surface area contributed by atoms with Crippen LogP contribution in [0.25, 0.3) is 0 Å². The summed E-state index contributed by atoms with van der Waals surface area (Å²) in [4.78, 5) is 58.2. The van der Waals surface area contributed by atoms with Crippen LogP contribution in [0.15, 0.2) is 15.7 Å². The Bertz CT molecular complexity index is 1300. The van der Waals surface area contributed by atoms with E-state index in [4.69, 9.17) is 0 Å². The Morgan fingerprint density at radius 1 is 1.44 bits per heavy atom. The summed E-state index contributed by atoms with van der Waals surface area (Å²) in [5.41, 5.74) is -2.15. The number of tetrazole rings is 1. The topological polar surface area (TPSA) is 194 Å². The number of anilines is 1. The van der Waals surface area contributed by atoms with E-state index in [1.807, 2.05) is 0 Å². The molecule has 2 aliphatic heterocycles. The molecule has 39 heavy (non-hydrogen) atoms. The normalized spacial score (nSPS) is 23.0. The highest BCUT2D eigenvalue weighted by Crippen LogP contribution is 2.44. The van der Waals surface area contributed by atoms with Gasteiger partial charge in [0.15, 0.2) is 10.8 Å². The van der Waals surface area contributed by atoms with Crippen molar-refractivity contribution in [2.75, 3.05) is 30.0 Å². The molecule has 0 radical (unpaired) electrons. The summed E-state index contributed by atoms with van der Waals surface area (Å²) < 4.78 is 39.0. The smallest absolute Gasteiger partial charge is 0.425 e. The number of hydrogen-bond acceptors (Lipinski definition) is 13. The molecule has 3 N–H and O–H groups in total. The van der Waals surface area contributed by atoms with Gasteiger partial charge in [-0.1, -0.05) is 16.9 Å². The molecule has 15 nitrogen and oxygen atoms in total. The number of thioether (sulfide) groups is 2. The fraction of sp³-hybridized carbons (Fsp3) is 0.500. The molecule has 2 saturated heterocycles. The minimum absolute atomic E-state index is 0.0463. The van der Waals surface area contributed by atoms with Crippen LogP contribution in [0, 0.1) is 5.41 Å². The molecular formula is C18H18F3N9O6S3. The minimum atomic E-state index is -4.72. The van der Waals surface area contributed by atoms with E-state index in [1.165, 1.54) is 15.0 Å².